The molecule has 3 aliphatic heterocycles. The van der Waals surface area contributed by atoms with Crippen molar-refractivity contribution in [3.8, 4) is 0 Å². The molecule has 2 fully saturated rings. The van der Waals surface area contributed by atoms with Gasteiger partial charge in [-0.15, -0.1) is 0 Å². The van der Waals surface area contributed by atoms with Crippen molar-refractivity contribution in [1.29, 1.82) is 0 Å². The highest BCUT2D eigenvalue weighted by molar-refractivity contribution is 7.86. The van der Waals surface area contributed by atoms with Crippen LogP contribution in [-0.2, 0) is 28.5 Å². The first-order valence-electron chi connectivity index (χ1n) is 9.09. The Labute approximate surface area is 168 Å². The zero-order chi connectivity index (χ0) is 20.5. The maximum atomic E-state index is 12.5. The number of carbonyl (C=O) groups excluding carboxylic acids is 2. The summed E-state index contributed by atoms with van der Waals surface area (Å²) in [6.45, 7) is -0.837. The number of hydrogen-bond acceptors (Lipinski definition) is 7. The van der Waals surface area contributed by atoms with E-state index in [2.05, 4.69) is 10.2 Å². The third kappa shape index (κ3) is 4.66. The van der Waals surface area contributed by atoms with Gasteiger partial charge < -0.3 is 14.3 Å². The molecule has 6 atom stereocenters. The van der Waals surface area contributed by atoms with E-state index in [0.717, 1.165) is 0 Å². The SMILES string of the molecule is CON(C)COC(C)CNP(=O)(Cl)NCCN1C(=O)C2C3C=CC(O3)C2C1=O. The molecule has 0 saturated carbocycles. The van der Waals surface area contributed by atoms with Crippen LogP contribution in [0.15, 0.2) is 12.2 Å². The Balaban J connectivity index is 1.40. The molecule has 2 amide bonds. The van der Waals surface area contributed by atoms with Gasteiger partial charge in [-0.1, -0.05) is 12.2 Å². The van der Waals surface area contributed by atoms with E-state index >= 15 is 0 Å². The van der Waals surface area contributed by atoms with Crippen LogP contribution in [0.4, 0.5) is 0 Å². The van der Waals surface area contributed by atoms with Gasteiger partial charge in [-0.3, -0.25) is 19.1 Å². The lowest BCUT2D eigenvalue weighted by atomic mass is 9.85. The molecule has 158 valence electrons. The Morgan fingerprint density at radius 1 is 1.29 bits per heavy atom. The molecule has 12 heteroatoms. The lowest BCUT2D eigenvalue weighted by molar-refractivity contribution is -0.179. The zero-order valence-electron chi connectivity index (χ0n) is 16.0. The molecule has 0 aromatic heterocycles. The standard InChI is InChI=1S/C16H26ClN4O6P/c1-10(26-9-20(2)25-3)8-19-28(17,24)18-6-7-21-15(22)13-11-4-5-12(27-11)14(13)16(21)23/h4-5,10-14H,6-9H2,1-3H3,(H2,18,19,24). The average Bonchev–Trinajstić information content (AvgIpc) is 3.34. The summed E-state index contributed by atoms with van der Waals surface area (Å²) in [4.78, 5) is 31.2. The van der Waals surface area contributed by atoms with Crippen LogP contribution < -0.4 is 10.2 Å². The molecule has 0 radical (unpaired) electrons. The molecule has 2 N–H and O–H groups in total. The highest BCUT2D eigenvalue weighted by atomic mass is 35.7. The fourth-order valence-electron chi connectivity index (χ4n) is 3.54. The van der Waals surface area contributed by atoms with Gasteiger partial charge in [-0.25, -0.2) is 10.2 Å². The van der Waals surface area contributed by atoms with Crippen LogP contribution in [0.1, 0.15) is 6.92 Å². The molecule has 2 bridgehead atoms. The summed E-state index contributed by atoms with van der Waals surface area (Å²) < 4.78 is 23.5. The summed E-state index contributed by atoms with van der Waals surface area (Å²) >= 11 is 6.00. The van der Waals surface area contributed by atoms with E-state index in [9.17, 15) is 14.2 Å². The lowest BCUT2D eigenvalue weighted by Crippen LogP contribution is -2.39. The molecule has 0 spiro atoms. The second-order valence-corrected chi connectivity index (χ2v) is 10.2. The molecule has 3 heterocycles. The highest BCUT2D eigenvalue weighted by Crippen LogP contribution is 2.45. The van der Waals surface area contributed by atoms with Gasteiger partial charge >= 0.3 is 0 Å². The van der Waals surface area contributed by atoms with Crippen LogP contribution in [0, 0.1) is 11.8 Å². The van der Waals surface area contributed by atoms with E-state index < -0.39 is 18.6 Å². The van der Waals surface area contributed by atoms with Gasteiger partial charge in [0.25, 0.3) is 6.80 Å². The van der Waals surface area contributed by atoms with E-state index in [1.165, 1.54) is 17.1 Å². The number of carbonyl (C=O) groups is 2. The summed E-state index contributed by atoms with van der Waals surface area (Å²) in [7, 11) is 3.25. The van der Waals surface area contributed by atoms with Gasteiger partial charge in [0.2, 0.25) is 11.8 Å². The molecule has 0 aliphatic carbocycles. The van der Waals surface area contributed by atoms with Gasteiger partial charge in [0.05, 0.1) is 37.3 Å². The van der Waals surface area contributed by atoms with Crippen molar-refractivity contribution >= 4 is 29.9 Å². The molecular weight excluding hydrogens is 411 g/mol. The monoisotopic (exact) mass is 436 g/mol. The van der Waals surface area contributed by atoms with E-state index in [4.69, 9.17) is 25.6 Å². The fourth-order valence-corrected chi connectivity index (χ4v) is 4.99. The first kappa shape index (κ1) is 21.9. The quantitative estimate of drug-likeness (QED) is 0.155. The highest BCUT2D eigenvalue weighted by Gasteiger charge is 2.60. The third-order valence-electron chi connectivity index (χ3n) is 5.09. The molecule has 3 rings (SSSR count). The minimum atomic E-state index is -3.37. The molecule has 3 aliphatic rings. The number of hydroxylamine groups is 2. The van der Waals surface area contributed by atoms with Crippen molar-refractivity contribution in [2.75, 3.05) is 40.5 Å². The number of ether oxygens (including phenoxy) is 2. The number of fused-ring (bicyclic) bond motifs is 5. The Morgan fingerprint density at radius 2 is 1.89 bits per heavy atom. The maximum absolute atomic E-state index is 12.5. The van der Waals surface area contributed by atoms with Gasteiger partial charge in [-0.05, 0) is 18.2 Å². The third-order valence-corrected chi connectivity index (χ3v) is 7.02. The Hall–Kier alpha value is -0.840. The second-order valence-electron chi connectivity index (χ2n) is 7.05. The lowest BCUT2D eigenvalue weighted by Gasteiger charge is -2.21. The van der Waals surface area contributed by atoms with Gasteiger partial charge in [0, 0.05) is 26.7 Å². The molecule has 0 aromatic carbocycles. The van der Waals surface area contributed by atoms with Crippen LogP contribution in [-0.4, -0.2) is 80.6 Å². The molecule has 6 unspecified atom stereocenters. The van der Waals surface area contributed by atoms with E-state index in [1.807, 2.05) is 12.2 Å². The minimum Gasteiger partial charge on any atom is -0.365 e. The Bertz CT molecular complexity index is 664. The normalized spacial score (nSPS) is 31.7. The average molecular weight is 437 g/mol. The van der Waals surface area contributed by atoms with Gasteiger partial charge in [0.15, 0.2) is 0 Å². The van der Waals surface area contributed by atoms with E-state index in [-0.39, 0.29) is 56.5 Å². The molecular formula is C16H26ClN4O6P. The summed E-state index contributed by atoms with van der Waals surface area (Å²) in [5.41, 5.74) is 0. The Morgan fingerprint density at radius 3 is 2.46 bits per heavy atom. The smallest absolute Gasteiger partial charge is 0.299 e. The summed E-state index contributed by atoms with van der Waals surface area (Å²) in [6.07, 6.45) is 2.79. The fraction of sp³-hybridized carbons (Fsp3) is 0.750. The Kier molecular flexibility index (Phi) is 6.94. The summed E-state index contributed by atoms with van der Waals surface area (Å²) in [6, 6.07) is 0. The largest absolute Gasteiger partial charge is 0.365 e. The molecule has 2 saturated heterocycles. The van der Waals surface area contributed by atoms with Crippen molar-refractivity contribution in [2.45, 2.75) is 25.2 Å². The van der Waals surface area contributed by atoms with Gasteiger partial charge in [0.1, 0.15) is 6.73 Å². The predicted octanol–water partition coefficient (Wildman–Crippen LogP) is 0.307. The summed E-state index contributed by atoms with van der Waals surface area (Å²) in [5.74, 6) is -1.36. The number of imide groups is 1. The summed E-state index contributed by atoms with van der Waals surface area (Å²) in [5, 5.41) is 6.91. The first-order valence-corrected chi connectivity index (χ1v) is 11.7. The molecule has 10 nitrogen and oxygen atoms in total. The molecule has 28 heavy (non-hydrogen) atoms. The van der Waals surface area contributed by atoms with Crippen LogP contribution in [0.3, 0.4) is 0 Å². The minimum absolute atomic E-state index is 0.104. The maximum Gasteiger partial charge on any atom is 0.299 e. The van der Waals surface area contributed by atoms with Crippen LogP contribution >= 0.6 is 18.0 Å². The van der Waals surface area contributed by atoms with Crippen molar-refractivity contribution in [3.63, 3.8) is 0 Å². The first-order chi connectivity index (χ1) is 13.2. The number of hydrogen-bond donors (Lipinski definition) is 2. The van der Waals surface area contributed by atoms with Crippen molar-refractivity contribution in [3.05, 3.63) is 12.2 Å². The molecule has 0 aromatic rings. The van der Waals surface area contributed by atoms with Crippen molar-refractivity contribution in [1.82, 2.24) is 20.1 Å². The topological polar surface area (TPSA) is 109 Å². The zero-order valence-corrected chi connectivity index (χ0v) is 17.7. The van der Waals surface area contributed by atoms with Gasteiger partial charge in [-0.2, -0.15) is 5.06 Å². The number of likely N-dealkylation sites (tertiary alicyclic amines) is 1. The van der Waals surface area contributed by atoms with E-state index in [0.29, 0.717) is 0 Å². The number of nitrogens with one attached hydrogen (secondary N) is 2. The predicted molar refractivity (Wildman–Crippen MR) is 101 cm³/mol. The van der Waals surface area contributed by atoms with Crippen molar-refractivity contribution < 1.29 is 28.5 Å². The van der Waals surface area contributed by atoms with Crippen LogP contribution in [0.25, 0.3) is 0 Å². The number of rotatable bonds is 11. The van der Waals surface area contributed by atoms with Crippen molar-refractivity contribution in [2.24, 2.45) is 11.8 Å². The van der Waals surface area contributed by atoms with Crippen LogP contribution in [0.5, 0.6) is 0 Å². The number of amides is 2. The second kappa shape index (κ2) is 8.89. The number of halogens is 1. The van der Waals surface area contributed by atoms with E-state index in [1.54, 1.807) is 14.0 Å². The number of nitrogens with zero attached hydrogens (tertiary/aromatic N) is 2. The van der Waals surface area contributed by atoms with Crippen LogP contribution in [0.2, 0.25) is 0 Å².